The first-order valence-electron chi connectivity index (χ1n) is 7.42. The maximum absolute atomic E-state index is 6.02. The van der Waals surface area contributed by atoms with Crippen LogP contribution < -0.4 is 11.1 Å². The molecule has 1 atom stereocenters. The number of likely N-dealkylation sites (N-methyl/N-ethyl adjacent to an activating group) is 1. The lowest BCUT2D eigenvalue weighted by Crippen LogP contribution is -2.34. The lowest BCUT2D eigenvalue weighted by molar-refractivity contribution is 0.185. The summed E-state index contributed by atoms with van der Waals surface area (Å²) >= 11 is 0. The molecule has 1 fully saturated rings. The van der Waals surface area contributed by atoms with E-state index in [4.69, 9.17) is 10.5 Å². The monoisotopic (exact) mass is 290 g/mol. The molecule has 0 saturated heterocycles. The maximum Gasteiger partial charge on any atom is 0.193 e. The number of ether oxygens (including phenoxy) is 1. The Kier molecular flexibility index (Phi) is 5.59. The lowest BCUT2D eigenvalue weighted by Gasteiger charge is -2.22. The molecule has 2 rings (SSSR count). The first-order valence-corrected chi connectivity index (χ1v) is 7.42. The Balaban J connectivity index is 1.96. The van der Waals surface area contributed by atoms with E-state index in [0.717, 1.165) is 23.7 Å². The number of aliphatic imine (C=N–C) groups is 1. The highest BCUT2D eigenvalue weighted by Crippen LogP contribution is 2.34. The van der Waals surface area contributed by atoms with E-state index in [1.54, 1.807) is 7.11 Å². The number of anilines is 1. The molecule has 0 aromatic heterocycles. The number of rotatable bonds is 7. The molecule has 1 aromatic rings. The van der Waals surface area contributed by atoms with E-state index >= 15 is 0 Å². The summed E-state index contributed by atoms with van der Waals surface area (Å²) in [5.41, 5.74) is 8.05. The molecule has 5 heteroatoms. The van der Waals surface area contributed by atoms with Crippen molar-refractivity contribution in [3.05, 3.63) is 29.8 Å². The summed E-state index contributed by atoms with van der Waals surface area (Å²) in [6.07, 6.45) is 2.62. The van der Waals surface area contributed by atoms with E-state index in [-0.39, 0.29) is 0 Å². The van der Waals surface area contributed by atoms with Gasteiger partial charge in [-0.15, -0.1) is 0 Å². The minimum atomic E-state index is 0.464. The molecule has 0 aliphatic heterocycles. The zero-order valence-electron chi connectivity index (χ0n) is 13.2. The summed E-state index contributed by atoms with van der Waals surface area (Å²) in [5, 5.41) is 3.18. The van der Waals surface area contributed by atoms with Gasteiger partial charge in [0.2, 0.25) is 0 Å². The number of hydrogen-bond acceptors (Lipinski definition) is 3. The molecule has 0 heterocycles. The average Bonchev–Trinajstić information content (AvgIpc) is 3.26. The Hall–Kier alpha value is -1.59. The fourth-order valence-electron chi connectivity index (χ4n) is 2.51. The summed E-state index contributed by atoms with van der Waals surface area (Å²) in [6.45, 7) is 1.29. The van der Waals surface area contributed by atoms with Gasteiger partial charge in [-0.3, -0.25) is 4.99 Å². The molecule has 5 nitrogen and oxygen atoms in total. The first-order chi connectivity index (χ1) is 10.1. The Morgan fingerprint density at radius 3 is 2.76 bits per heavy atom. The van der Waals surface area contributed by atoms with E-state index in [1.807, 2.05) is 24.3 Å². The van der Waals surface area contributed by atoms with Crippen LogP contribution in [0.2, 0.25) is 0 Å². The van der Waals surface area contributed by atoms with Gasteiger partial charge in [0.05, 0.1) is 13.2 Å². The zero-order chi connectivity index (χ0) is 15.2. The van der Waals surface area contributed by atoms with Crippen LogP contribution in [0.3, 0.4) is 0 Å². The van der Waals surface area contributed by atoms with Gasteiger partial charge in [0, 0.05) is 24.4 Å². The molecular weight excluding hydrogens is 264 g/mol. The Morgan fingerprint density at radius 1 is 1.43 bits per heavy atom. The molecule has 0 spiro atoms. The van der Waals surface area contributed by atoms with Crippen molar-refractivity contribution < 1.29 is 4.74 Å². The summed E-state index contributed by atoms with van der Waals surface area (Å²) in [5.74, 6) is 1.24. The van der Waals surface area contributed by atoms with Crippen molar-refractivity contribution in [3.8, 4) is 0 Å². The van der Waals surface area contributed by atoms with Crippen LogP contribution in [0.4, 0.5) is 5.69 Å². The predicted octanol–water partition coefficient (Wildman–Crippen LogP) is 1.90. The first kappa shape index (κ1) is 15.8. The Bertz CT molecular complexity index is 481. The normalized spacial score (nSPS) is 17.0. The summed E-state index contributed by atoms with van der Waals surface area (Å²) in [7, 11) is 5.90. The van der Waals surface area contributed by atoms with Crippen molar-refractivity contribution in [3.63, 3.8) is 0 Å². The van der Waals surface area contributed by atoms with Crippen LogP contribution in [0.5, 0.6) is 0 Å². The maximum atomic E-state index is 6.02. The Labute approximate surface area is 127 Å². The van der Waals surface area contributed by atoms with Crippen molar-refractivity contribution >= 4 is 11.6 Å². The van der Waals surface area contributed by atoms with Crippen molar-refractivity contribution in [1.82, 2.24) is 4.90 Å². The van der Waals surface area contributed by atoms with Crippen molar-refractivity contribution in [2.24, 2.45) is 16.6 Å². The van der Waals surface area contributed by atoms with Gasteiger partial charge >= 0.3 is 0 Å². The highest BCUT2D eigenvalue weighted by molar-refractivity contribution is 5.92. The van der Waals surface area contributed by atoms with Gasteiger partial charge in [-0.25, -0.2) is 0 Å². The number of nitrogens with zero attached hydrogens (tertiary/aromatic N) is 2. The van der Waals surface area contributed by atoms with Crippen LogP contribution in [-0.2, 0) is 11.3 Å². The standard InChI is InChI=1S/C16H26N4O/c1-20(2)15(12-8-9-12)10-18-16(17)19-14-7-5-4-6-13(14)11-21-3/h4-7,12,15H,8-11H2,1-3H3,(H3,17,18,19). The van der Waals surface area contributed by atoms with Crippen molar-refractivity contribution in [2.75, 3.05) is 33.1 Å². The second-order valence-electron chi connectivity index (χ2n) is 5.81. The quantitative estimate of drug-likeness (QED) is 0.595. The second-order valence-corrected chi connectivity index (χ2v) is 5.81. The summed E-state index contributed by atoms with van der Waals surface area (Å²) in [6, 6.07) is 8.45. The van der Waals surface area contributed by atoms with Crippen LogP contribution in [-0.4, -0.2) is 44.7 Å². The van der Waals surface area contributed by atoms with Crippen molar-refractivity contribution in [1.29, 1.82) is 0 Å². The number of para-hydroxylation sites is 1. The molecule has 3 N–H and O–H groups in total. The van der Waals surface area contributed by atoms with E-state index in [1.165, 1.54) is 12.8 Å². The molecule has 1 aliphatic rings. The third-order valence-corrected chi connectivity index (χ3v) is 3.86. The van der Waals surface area contributed by atoms with Gasteiger partial charge in [0.15, 0.2) is 5.96 Å². The fraction of sp³-hybridized carbons (Fsp3) is 0.562. The molecule has 0 amide bonds. The highest BCUT2D eigenvalue weighted by Gasteiger charge is 2.32. The molecular formula is C16H26N4O. The van der Waals surface area contributed by atoms with E-state index in [0.29, 0.717) is 18.6 Å². The minimum absolute atomic E-state index is 0.464. The van der Waals surface area contributed by atoms with Gasteiger partial charge in [-0.1, -0.05) is 18.2 Å². The summed E-state index contributed by atoms with van der Waals surface area (Å²) < 4.78 is 5.19. The number of benzene rings is 1. The topological polar surface area (TPSA) is 62.9 Å². The van der Waals surface area contributed by atoms with E-state index in [9.17, 15) is 0 Å². The lowest BCUT2D eigenvalue weighted by atomic mass is 10.2. The largest absolute Gasteiger partial charge is 0.380 e. The molecule has 1 aromatic carbocycles. The Morgan fingerprint density at radius 2 is 2.14 bits per heavy atom. The van der Waals surface area contributed by atoms with Gasteiger partial charge in [0.1, 0.15) is 0 Å². The third-order valence-electron chi connectivity index (χ3n) is 3.86. The number of methoxy groups -OCH3 is 1. The molecule has 1 unspecified atom stereocenters. The fourth-order valence-corrected chi connectivity index (χ4v) is 2.51. The van der Waals surface area contributed by atoms with E-state index < -0.39 is 0 Å². The minimum Gasteiger partial charge on any atom is -0.380 e. The van der Waals surface area contributed by atoms with Crippen LogP contribution >= 0.6 is 0 Å². The molecule has 0 radical (unpaired) electrons. The van der Waals surface area contributed by atoms with Crippen LogP contribution in [0.15, 0.2) is 29.3 Å². The van der Waals surface area contributed by atoms with E-state index in [2.05, 4.69) is 29.3 Å². The smallest absolute Gasteiger partial charge is 0.193 e. The summed E-state index contributed by atoms with van der Waals surface area (Å²) in [4.78, 5) is 6.75. The van der Waals surface area contributed by atoms with Gasteiger partial charge < -0.3 is 20.7 Å². The molecule has 116 valence electrons. The van der Waals surface area contributed by atoms with Crippen LogP contribution in [0.1, 0.15) is 18.4 Å². The zero-order valence-corrected chi connectivity index (χ0v) is 13.2. The predicted molar refractivity (Wildman–Crippen MR) is 87.5 cm³/mol. The average molecular weight is 290 g/mol. The third kappa shape index (κ3) is 4.72. The SMILES string of the molecule is COCc1ccccc1NC(N)=NCC(C1CC1)N(C)C. The van der Waals surface area contributed by atoms with Crippen LogP contribution in [0, 0.1) is 5.92 Å². The molecule has 21 heavy (non-hydrogen) atoms. The van der Waals surface area contributed by atoms with Crippen molar-refractivity contribution in [2.45, 2.75) is 25.5 Å². The number of hydrogen-bond donors (Lipinski definition) is 2. The molecule has 1 saturated carbocycles. The van der Waals surface area contributed by atoms with Crippen LogP contribution in [0.25, 0.3) is 0 Å². The molecule has 1 aliphatic carbocycles. The highest BCUT2D eigenvalue weighted by atomic mass is 16.5. The molecule has 0 bridgehead atoms. The number of nitrogens with two attached hydrogens (primary N) is 1. The van der Waals surface area contributed by atoms with Gasteiger partial charge in [-0.2, -0.15) is 0 Å². The van der Waals surface area contributed by atoms with Gasteiger partial charge in [0.25, 0.3) is 0 Å². The second kappa shape index (κ2) is 7.43. The number of nitrogens with one attached hydrogen (secondary N) is 1. The van der Waals surface area contributed by atoms with Gasteiger partial charge in [-0.05, 0) is 38.9 Å². The number of guanidine groups is 1.